The Balaban J connectivity index is 4.83. The molecule has 5 unspecified atom stereocenters. The summed E-state index contributed by atoms with van der Waals surface area (Å²) in [6.07, 6.45) is 2.24. The Morgan fingerprint density at radius 3 is 2.00 bits per heavy atom. The van der Waals surface area contributed by atoms with E-state index in [1.165, 1.54) is 6.92 Å². The maximum atomic E-state index is 12.7. The smallest absolute Gasteiger partial charge is 0.328 e. The van der Waals surface area contributed by atoms with E-state index in [1.54, 1.807) is 13.8 Å². The fraction of sp³-hybridized carbons (Fsp3) is 0.815. The lowest BCUT2D eigenvalue weighted by Gasteiger charge is -2.22. The van der Waals surface area contributed by atoms with Crippen LogP contribution in [0.4, 0.5) is 0 Å². The maximum absolute atomic E-state index is 12.7. The molecule has 0 aliphatic rings. The van der Waals surface area contributed by atoms with E-state index in [0.29, 0.717) is 25.2 Å². The molecule has 39 heavy (non-hydrogen) atoms. The number of carbonyl (C=O) groups excluding carboxylic acids is 5. The average molecular weight is 559 g/mol. The van der Waals surface area contributed by atoms with Crippen LogP contribution < -0.4 is 21.7 Å². The lowest BCUT2D eigenvalue weighted by Crippen LogP contribution is -2.51. The lowest BCUT2D eigenvalue weighted by molar-refractivity contribution is -0.148. The highest BCUT2D eigenvalue weighted by molar-refractivity contribution is 5.90. The third kappa shape index (κ3) is 16.8. The van der Waals surface area contributed by atoms with Crippen molar-refractivity contribution in [2.24, 2.45) is 17.6 Å². The molecule has 5 atom stereocenters. The molecule has 0 aliphatic heterocycles. The lowest BCUT2D eigenvalue weighted by atomic mass is 9.95. The molecule has 0 aromatic rings. The number of nitrogens with one attached hydrogen (secondary N) is 3. The van der Waals surface area contributed by atoms with Gasteiger partial charge in [-0.2, -0.15) is 0 Å². The van der Waals surface area contributed by atoms with Gasteiger partial charge in [0.05, 0.1) is 25.9 Å². The summed E-state index contributed by atoms with van der Waals surface area (Å²) < 4.78 is 9.90. The summed E-state index contributed by atoms with van der Waals surface area (Å²) in [6, 6.07) is -3.30. The van der Waals surface area contributed by atoms with Gasteiger partial charge in [0.2, 0.25) is 17.7 Å². The van der Waals surface area contributed by atoms with Gasteiger partial charge in [-0.15, -0.1) is 0 Å². The third-order valence-electron chi connectivity index (χ3n) is 5.97. The van der Waals surface area contributed by atoms with Crippen molar-refractivity contribution in [1.82, 2.24) is 16.0 Å². The van der Waals surface area contributed by atoms with Crippen LogP contribution in [0.2, 0.25) is 0 Å². The largest absolute Gasteiger partial charge is 0.465 e. The van der Waals surface area contributed by atoms with Gasteiger partial charge in [0.25, 0.3) is 0 Å². The Labute approximate surface area is 232 Å². The number of esters is 2. The van der Waals surface area contributed by atoms with Crippen molar-refractivity contribution >= 4 is 29.7 Å². The van der Waals surface area contributed by atoms with Crippen molar-refractivity contribution < 1.29 is 38.6 Å². The van der Waals surface area contributed by atoms with E-state index in [-0.39, 0.29) is 50.9 Å². The second kappa shape index (κ2) is 20.2. The van der Waals surface area contributed by atoms with E-state index in [9.17, 15) is 29.1 Å². The van der Waals surface area contributed by atoms with Crippen molar-refractivity contribution in [2.45, 2.75) is 111 Å². The molecule has 0 aromatic heterocycles. The molecule has 3 amide bonds. The van der Waals surface area contributed by atoms with Crippen LogP contribution in [0.25, 0.3) is 0 Å². The third-order valence-corrected chi connectivity index (χ3v) is 5.97. The predicted octanol–water partition coefficient (Wildman–Crippen LogP) is 0.929. The SMILES string of the molecule is CCOC(=O)C(N)CCCC(CO)NC(=O)CCC(NC(=O)C(C)NC(=O)CC(C)CC(C)C)C(=O)OCC. The standard InChI is InChI=1S/C27H50N4O8/c1-7-38-26(36)21(28)11-9-10-20(16-32)30-23(33)13-12-22(27(37)39-8-2)31-25(35)19(6)29-24(34)15-18(5)14-17(3)4/h17-22,32H,7-16,28H2,1-6H3,(H,29,34)(H,30,33)(H,31,35). The number of aliphatic hydroxyl groups excluding tert-OH is 1. The van der Waals surface area contributed by atoms with E-state index < -0.39 is 47.9 Å². The summed E-state index contributed by atoms with van der Waals surface area (Å²) in [5, 5.41) is 17.5. The first-order valence-corrected chi connectivity index (χ1v) is 13.9. The first kappa shape index (κ1) is 36.3. The maximum Gasteiger partial charge on any atom is 0.328 e. The summed E-state index contributed by atoms with van der Waals surface area (Å²) in [6.45, 7) is 11.0. The highest BCUT2D eigenvalue weighted by Gasteiger charge is 2.27. The van der Waals surface area contributed by atoms with Crippen LogP contribution in [-0.2, 0) is 33.4 Å². The molecule has 0 heterocycles. The van der Waals surface area contributed by atoms with E-state index in [0.717, 1.165) is 6.42 Å². The summed E-state index contributed by atoms with van der Waals surface area (Å²) in [5.41, 5.74) is 5.77. The van der Waals surface area contributed by atoms with Crippen molar-refractivity contribution in [1.29, 1.82) is 0 Å². The number of rotatable bonds is 20. The molecule has 6 N–H and O–H groups in total. The van der Waals surface area contributed by atoms with Gasteiger partial charge < -0.3 is 36.3 Å². The first-order chi connectivity index (χ1) is 18.3. The fourth-order valence-electron chi connectivity index (χ4n) is 4.09. The Morgan fingerprint density at radius 1 is 0.821 bits per heavy atom. The Morgan fingerprint density at radius 2 is 1.44 bits per heavy atom. The molecule has 0 spiro atoms. The van der Waals surface area contributed by atoms with Gasteiger partial charge in [-0.25, -0.2) is 4.79 Å². The zero-order valence-electron chi connectivity index (χ0n) is 24.4. The molecule has 0 fully saturated rings. The quantitative estimate of drug-likeness (QED) is 0.136. The molecular weight excluding hydrogens is 508 g/mol. The van der Waals surface area contributed by atoms with Crippen LogP contribution in [0.3, 0.4) is 0 Å². The van der Waals surface area contributed by atoms with Gasteiger partial charge in [0.15, 0.2) is 0 Å². The number of hydrogen-bond acceptors (Lipinski definition) is 9. The molecule has 0 saturated carbocycles. The van der Waals surface area contributed by atoms with E-state index in [2.05, 4.69) is 29.8 Å². The summed E-state index contributed by atoms with van der Waals surface area (Å²) in [7, 11) is 0. The first-order valence-electron chi connectivity index (χ1n) is 13.9. The fourth-order valence-corrected chi connectivity index (χ4v) is 4.09. The molecule has 0 radical (unpaired) electrons. The number of ether oxygens (including phenoxy) is 2. The van der Waals surface area contributed by atoms with Crippen molar-refractivity contribution in [3.8, 4) is 0 Å². The molecule has 0 saturated heterocycles. The minimum atomic E-state index is -1.09. The zero-order valence-corrected chi connectivity index (χ0v) is 24.4. The molecule has 0 bridgehead atoms. The Bertz CT molecular complexity index is 777. The number of hydrogen-bond donors (Lipinski definition) is 5. The molecule has 0 rings (SSSR count). The average Bonchev–Trinajstić information content (AvgIpc) is 2.84. The highest BCUT2D eigenvalue weighted by atomic mass is 16.5. The van der Waals surface area contributed by atoms with E-state index in [1.807, 2.05) is 6.92 Å². The normalized spacial score (nSPS) is 14.9. The summed E-state index contributed by atoms with van der Waals surface area (Å²) in [4.78, 5) is 61.5. The van der Waals surface area contributed by atoms with Crippen molar-refractivity contribution in [3.05, 3.63) is 0 Å². The minimum Gasteiger partial charge on any atom is -0.465 e. The van der Waals surface area contributed by atoms with Crippen molar-refractivity contribution in [2.75, 3.05) is 19.8 Å². The number of carbonyl (C=O) groups is 5. The topological polar surface area (TPSA) is 186 Å². The molecule has 0 aliphatic carbocycles. The Hall–Kier alpha value is -2.73. The number of aliphatic hydroxyl groups is 1. The van der Waals surface area contributed by atoms with Crippen LogP contribution >= 0.6 is 0 Å². The monoisotopic (exact) mass is 558 g/mol. The predicted molar refractivity (Wildman–Crippen MR) is 146 cm³/mol. The number of nitrogens with two attached hydrogens (primary N) is 1. The molecule has 12 nitrogen and oxygen atoms in total. The molecule has 12 heteroatoms. The van der Waals surface area contributed by atoms with Gasteiger partial charge in [-0.1, -0.05) is 20.8 Å². The van der Waals surface area contributed by atoms with Crippen LogP contribution in [-0.4, -0.2) is 78.8 Å². The van der Waals surface area contributed by atoms with Gasteiger partial charge in [0, 0.05) is 12.8 Å². The zero-order chi connectivity index (χ0) is 30.0. The second-order valence-electron chi connectivity index (χ2n) is 10.3. The van der Waals surface area contributed by atoms with Crippen molar-refractivity contribution in [3.63, 3.8) is 0 Å². The molecule has 226 valence electrons. The highest BCUT2D eigenvalue weighted by Crippen LogP contribution is 2.14. The van der Waals surface area contributed by atoms with E-state index in [4.69, 9.17) is 15.2 Å². The van der Waals surface area contributed by atoms with Crippen LogP contribution in [0.1, 0.15) is 86.5 Å². The van der Waals surface area contributed by atoms with Crippen LogP contribution in [0.5, 0.6) is 0 Å². The Kier molecular flexibility index (Phi) is 18.8. The minimum absolute atomic E-state index is 0.0334. The van der Waals surface area contributed by atoms with Crippen LogP contribution in [0, 0.1) is 11.8 Å². The van der Waals surface area contributed by atoms with E-state index >= 15 is 0 Å². The number of amides is 3. The van der Waals surface area contributed by atoms with Gasteiger partial charge in [-0.3, -0.25) is 19.2 Å². The van der Waals surface area contributed by atoms with Gasteiger partial charge in [-0.05, 0) is 64.7 Å². The van der Waals surface area contributed by atoms with Gasteiger partial charge >= 0.3 is 11.9 Å². The summed E-state index contributed by atoms with van der Waals surface area (Å²) >= 11 is 0. The molecular formula is C27H50N4O8. The summed E-state index contributed by atoms with van der Waals surface area (Å²) in [5.74, 6) is -1.80. The van der Waals surface area contributed by atoms with Crippen LogP contribution in [0.15, 0.2) is 0 Å². The molecule has 0 aromatic carbocycles. The second-order valence-corrected chi connectivity index (χ2v) is 10.3. The van der Waals surface area contributed by atoms with Gasteiger partial charge in [0.1, 0.15) is 18.1 Å².